The molecule has 0 amide bonds. The van der Waals surface area contributed by atoms with Gasteiger partial charge in [-0.3, -0.25) is 0 Å². The Hall–Kier alpha value is -1.09. The summed E-state index contributed by atoms with van der Waals surface area (Å²) in [5, 5.41) is 4.05. The summed E-state index contributed by atoms with van der Waals surface area (Å²) in [4.78, 5) is 2.70. The molecule has 1 heterocycles. The lowest BCUT2D eigenvalue weighted by Crippen LogP contribution is -2.52. The Morgan fingerprint density at radius 2 is 1.94 bits per heavy atom. The number of allylic oxidation sites excluding steroid dienone is 4. The summed E-state index contributed by atoms with van der Waals surface area (Å²) in [6.45, 7) is 16.4. The number of hydrogen-bond acceptors (Lipinski definition) is 2. The van der Waals surface area contributed by atoms with Crippen molar-refractivity contribution in [1.82, 2.24) is 10.2 Å². The summed E-state index contributed by atoms with van der Waals surface area (Å²) < 4.78 is 0. The second kappa shape index (κ2) is 11.2. The smallest absolute Gasteiger partial charge is 0.0553 e. The highest BCUT2D eigenvalue weighted by Crippen LogP contribution is 2.41. The van der Waals surface area contributed by atoms with Gasteiger partial charge in [0, 0.05) is 19.1 Å². The van der Waals surface area contributed by atoms with Gasteiger partial charge >= 0.3 is 0 Å². The molecule has 3 rings (SSSR count). The molecule has 2 aliphatic rings. The molecule has 0 saturated carbocycles. The third kappa shape index (κ3) is 7.20. The number of nitrogens with one attached hydrogen (secondary N) is 1. The second-order valence-electron chi connectivity index (χ2n) is 10.8. The van der Waals surface area contributed by atoms with Gasteiger partial charge in [0.15, 0.2) is 0 Å². The maximum Gasteiger partial charge on any atom is 0.0553 e. The van der Waals surface area contributed by atoms with Crippen molar-refractivity contribution in [2.24, 2.45) is 17.3 Å². The van der Waals surface area contributed by atoms with Gasteiger partial charge in [0.1, 0.15) is 0 Å². The minimum Gasteiger partial charge on any atom is -0.312 e. The van der Waals surface area contributed by atoms with Crippen LogP contribution in [0.25, 0.3) is 0 Å². The highest BCUT2D eigenvalue weighted by atomic mass is 35.5. The first-order chi connectivity index (χ1) is 14.7. The lowest BCUT2D eigenvalue weighted by molar-refractivity contribution is 0.0632. The zero-order chi connectivity index (χ0) is 22.4. The van der Waals surface area contributed by atoms with Crippen molar-refractivity contribution in [3.8, 4) is 0 Å². The zero-order valence-corrected chi connectivity index (χ0v) is 21.1. The van der Waals surface area contributed by atoms with Gasteiger partial charge in [0.2, 0.25) is 0 Å². The molecule has 1 aromatic carbocycles. The lowest BCUT2D eigenvalue weighted by Gasteiger charge is -2.46. The molecule has 1 saturated heterocycles. The van der Waals surface area contributed by atoms with Crippen LogP contribution in [0.15, 0.2) is 48.1 Å². The van der Waals surface area contributed by atoms with Crippen LogP contribution in [0.1, 0.15) is 58.1 Å². The first-order valence-electron chi connectivity index (χ1n) is 12.3. The number of likely N-dealkylation sites (tertiary alicyclic amines) is 1. The fraction of sp³-hybridized carbons (Fsp3) is 0.643. The maximum absolute atomic E-state index is 6.25. The van der Waals surface area contributed by atoms with E-state index in [0.717, 1.165) is 25.9 Å². The number of rotatable bonds is 9. The molecule has 1 aliphatic carbocycles. The van der Waals surface area contributed by atoms with Crippen LogP contribution in [0.4, 0.5) is 0 Å². The molecule has 3 heteroatoms. The van der Waals surface area contributed by atoms with Gasteiger partial charge in [-0.15, -0.1) is 11.6 Å². The van der Waals surface area contributed by atoms with E-state index in [1.807, 2.05) is 0 Å². The van der Waals surface area contributed by atoms with E-state index < -0.39 is 0 Å². The molecule has 0 radical (unpaired) electrons. The number of nitrogens with zero attached hydrogens (tertiary/aromatic N) is 1. The molecule has 1 fully saturated rings. The summed E-state index contributed by atoms with van der Waals surface area (Å²) in [6, 6.07) is 9.53. The SMILES string of the molecule is Cc1ccc(CCCN[C@@H](CN2CC[C@H](C3=CCC(Cl)C=C3)C(C)(C)C2)C(C)C)cc1. The molecule has 0 spiro atoms. The van der Waals surface area contributed by atoms with Gasteiger partial charge < -0.3 is 10.2 Å². The Labute approximate surface area is 196 Å². The third-order valence-corrected chi connectivity index (χ3v) is 7.54. The second-order valence-corrected chi connectivity index (χ2v) is 11.3. The molecular weight excluding hydrogens is 400 g/mol. The highest BCUT2D eigenvalue weighted by molar-refractivity contribution is 6.22. The number of piperidine rings is 1. The van der Waals surface area contributed by atoms with E-state index in [1.54, 1.807) is 0 Å². The van der Waals surface area contributed by atoms with E-state index in [9.17, 15) is 0 Å². The van der Waals surface area contributed by atoms with Crippen molar-refractivity contribution in [2.45, 2.75) is 71.7 Å². The Bertz CT molecular complexity index is 747. The number of halogens is 1. The van der Waals surface area contributed by atoms with Crippen LogP contribution >= 0.6 is 11.6 Å². The average molecular weight is 443 g/mol. The first-order valence-corrected chi connectivity index (χ1v) is 12.7. The van der Waals surface area contributed by atoms with Gasteiger partial charge in [-0.1, -0.05) is 75.8 Å². The van der Waals surface area contributed by atoms with Gasteiger partial charge in [-0.05, 0) is 74.1 Å². The monoisotopic (exact) mass is 442 g/mol. The number of benzene rings is 1. The van der Waals surface area contributed by atoms with E-state index in [0.29, 0.717) is 23.3 Å². The van der Waals surface area contributed by atoms with E-state index in [2.05, 4.69) is 87.3 Å². The highest BCUT2D eigenvalue weighted by Gasteiger charge is 2.38. The fourth-order valence-electron chi connectivity index (χ4n) is 5.23. The number of aryl methyl sites for hydroxylation is 2. The van der Waals surface area contributed by atoms with Crippen LogP contribution in [0.5, 0.6) is 0 Å². The van der Waals surface area contributed by atoms with Crippen LogP contribution in [0.2, 0.25) is 0 Å². The fourth-order valence-corrected chi connectivity index (χ4v) is 5.40. The molecule has 1 aliphatic heterocycles. The van der Waals surface area contributed by atoms with Crippen LogP contribution in [0, 0.1) is 24.2 Å². The first kappa shape index (κ1) is 24.6. The van der Waals surface area contributed by atoms with Crippen molar-refractivity contribution in [3.05, 3.63) is 59.2 Å². The van der Waals surface area contributed by atoms with Crippen LogP contribution in [0.3, 0.4) is 0 Å². The van der Waals surface area contributed by atoms with Gasteiger partial charge in [-0.25, -0.2) is 0 Å². The topological polar surface area (TPSA) is 15.3 Å². The summed E-state index contributed by atoms with van der Waals surface area (Å²) >= 11 is 6.25. The van der Waals surface area contributed by atoms with Gasteiger partial charge in [0.25, 0.3) is 0 Å². The summed E-state index contributed by atoms with van der Waals surface area (Å²) in [5.74, 6) is 1.29. The maximum atomic E-state index is 6.25. The predicted molar refractivity (Wildman–Crippen MR) is 136 cm³/mol. The van der Waals surface area contributed by atoms with Crippen molar-refractivity contribution in [2.75, 3.05) is 26.2 Å². The van der Waals surface area contributed by atoms with E-state index in [4.69, 9.17) is 11.6 Å². The minimum absolute atomic E-state index is 0.177. The van der Waals surface area contributed by atoms with Crippen LogP contribution < -0.4 is 5.32 Å². The average Bonchev–Trinajstić information content (AvgIpc) is 2.72. The normalized spacial score (nSPS) is 24.9. The van der Waals surface area contributed by atoms with Gasteiger partial charge in [-0.2, -0.15) is 0 Å². The number of alkyl halides is 1. The molecule has 0 aromatic heterocycles. The largest absolute Gasteiger partial charge is 0.312 e. The molecule has 172 valence electrons. The lowest BCUT2D eigenvalue weighted by atomic mass is 9.69. The molecule has 3 atom stereocenters. The summed E-state index contributed by atoms with van der Waals surface area (Å²) in [5.41, 5.74) is 4.59. The quantitative estimate of drug-likeness (QED) is 0.352. The van der Waals surface area contributed by atoms with Crippen LogP contribution in [-0.2, 0) is 6.42 Å². The minimum atomic E-state index is 0.177. The van der Waals surface area contributed by atoms with Crippen LogP contribution in [-0.4, -0.2) is 42.5 Å². The van der Waals surface area contributed by atoms with E-state index >= 15 is 0 Å². The predicted octanol–water partition coefficient (Wildman–Crippen LogP) is 6.38. The molecule has 0 bridgehead atoms. The summed E-state index contributed by atoms with van der Waals surface area (Å²) in [7, 11) is 0. The van der Waals surface area contributed by atoms with Crippen molar-refractivity contribution >= 4 is 11.6 Å². The Morgan fingerprint density at radius 1 is 1.19 bits per heavy atom. The molecule has 1 aromatic rings. The Kier molecular flexibility index (Phi) is 8.84. The standard InChI is InChI=1S/C28H43ClN2/c1-21(2)27(30-17-6-7-23-10-8-22(3)9-11-23)19-31-18-16-26(28(4,5)20-31)24-12-14-25(29)15-13-24/h8-14,21,25-27,30H,6-7,15-20H2,1-5H3/t25?,26-,27+/m1/s1. The van der Waals surface area contributed by atoms with E-state index in [-0.39, 0.29) is 5.38 Å². The summed E-state index contributed by atoms with van der Waals surface area (Å²) in [6.07, 6.45) is 11.4. The zero-order valence-electron chi connectivity index (χ0n) is 20.3. The van der Waals surface area contributed by atoms with Crippen molar-refractivity contribution in [1.29, 1.82) is 0 Å². The third-order valence-electron chi connectivity index (χ3n) is 7.22. The molecule has 1 N–H and O–H groups in total. The van der Waals surface area contributed by atoms with Gasteiger partial charge in [0.05, 0.1) is 5.38 Å². The van der Waals surface area contributed by atoms with Crippen molar-refractivity contribution < 1.29 is 0 Å². The Balaban J connectivity index is 1.47. The van der Waals surface area contributed by atoms with Crippen molar-refractivity contribution in [3.63, 3.8) is 0 Å². The van der Waals surface area contributed by atoms with E-state index in [1.165, 1.54) is 42.6 Å². The Morgan fingerprint density at radius 3 is 2.55 bits per heavy atom. The molecule has 1 unspecified atom stereocenters. The molecular formula is C28H43ClN2. The molecule has 2 nitrogen and oxygen atoms in total. The molecule has 31 heavy (non-hydrogen) atoms. The number of hydrogen-bond donors (Lipinski definition) is 1.